The third-order valence-corrected chi connectivity index (χ3v) is 8.62. The second-order valence-electron chi connectivity index (χ2n) is 8.69. The quantitative estimate of drug-likeness (QED) is 0.370. The molecule has 0 fully saturated rings. The molecule has 1 amide bonds. The molecule has 2 rings (SSSR count). The van der Waals surface area contributed by atoms with Gasteiger partial charge in [-0.2, -0.15) is 0 Å². The molecule has 0 radical (unpaired) electrons. The van der Waals surface area contributed by atoms with Gasteiger partial charge in [-0.05, 0) is 6.07 Å². The predicted octanol–water partition coefficient (Wildman–Crippen LogP) is 2.44. The van der Waals surface area contributed by atoms with Crippen LogP contribution >= 0.6 is 11.6 Å². The van der Waals surface area contributed by atoms with E-state index in [0.29, 0.717) is 30.8 Å². The molecule has 0 spiro atoms. The topological polar surface area (TPSA) is 101 Å². The van der Waals surface area contributed by atoms with Gasteiger partial charge in [0.15, 0.2) is 0 Å². The number of rotatable bonds is 13. The van der Waals surface area contributed by atoms with Gasteiger partial charge in [0, 0.05) is 5.02 Å². The second-order valence-corrected chi connectivity index (χ2v) is 12.4. The summed E-state index contributed by atoms with van der Waals surface area (Å²) >= 11 is 7.77. The maximum absolute atomic E-state index is 13.4. The number of hydrogen-bond donors (Lipinski definition) is 2. The standard InChI is InChI=1S/C24H34AsClN2O4S/c1-17(2)15-28(33(31,32)21-12-10-19(25)11-13-21)20(16-29)7-5-6-18(14-24(27)30)22-8-3-4-9-23(22)26/h3-4,8-13,17-18,20,29H,5-7,14-16,25H2,1-2H3,(H2,27,30). The fourth-order valence-electron chi connectivity index (χ4n) is 3.92. The number of aliphatic hydroxyl groups is 1. The van der Waals surface area contributed by atoms with Gasteiger partial charge in [0.05, 0.1) is 0 Å². The molecule has 0 saturated carbocycles. The number of amides is 1. The van der Waals surface area contributed by atoms with Crippen molar-refractivity contribution in [2.45, 2.75) is 56.4 Å². The molecule has 0 saturated heterocycles. The maximum atomic E-state index is 13.4. The fourth-order valence-corrected chi connectivity index (χ4v) is 6.42. The molecule has 182 valence electrons. The Morgan fingerprint density at radius 3 is 2.30 bits per heavy atom. The Labute approximate surface area is 211 Å². The van der Waals surface area contributed by atoms with Gasteiger partial charge < -0.3 is 5.73 Å². The molecule has 3 N–H and O–H groups in total. The molecule has 3 atom stereocenters. The van der Waals surface area contributed by atoms with Crippen LogP contribution in [0.4, 0.5) is 0 Å². The van der Waals surface area contributed by atoms with Crippen LogP contribution in [-0.4, -0.2) is 59.8 Å². The summed E-state index contributed by atoms with van der Waals surface area (Å²) in [6.45, 7) is 3.93. The Morgan fingerprint density at radius 1 is 1.12 bits per heavy atom. The van der Waals surface area contributed by atoms with Gasteiger partial charge in [-0.15, -0.1) is 0 Å². The Bertz CT molecular complexity index is 1020. The van der Waals surface area contributed by atoms with Crippen molar-refractivity contribution in [3.8, 4) is 0 Å². The second kappa shape index (κ2) is 12.9. The molecule has 9 heteroatoms. The van der Waals surface area contributed by atoms with E-state index in [1.807, 2.05) is 32.0 Å². The molecular weight excluding hydrogens is 523 g/mol. The van der Waals surface area contributed by atoms with Crippen molar-refractivity contribution in [3.63, 3.8) is 0 Å². The summed E-state index contributed by atoms with van der Waals surface area (Å²) in [6, 6.07) is 13.6. The number of nitrogens with zero attached hydrogens (tertiary/aromatic N) is 1. The molecule has 0 aromatic heterocycles. The molecule has 2 aromatic rings. The zero-order valence-corrected chi connectivity index (χ0v) is 23.1. The Kier molecular flexibility index (Phi) is 10.9. The fraction of sp³-hybridized carbons (Fsp3) is 0.458. The molecule has 0 aliphatic rings. The first-order valence-corrected chi connectivity index (χ1v) is 14.1. The van der Waals surface area contributed by atoms with Crippen LogP contribution in [0.5, 0.6) is 0 Å². The van der Waals surface area contributed by atoms with Gasteiger partial charge in [-0.1, -0.05) is 29.8 Å². The number of benzene rings is 2. The number of hydrogen-bond acceptors (Lipinski definition) is 4. The summed E-state index contributed by atoms with van der Waals surface area (Å²) in [5.74, 6) is -0.485. The molecule has 2 aromatic carbocycles. The van der Waals surface area contributed by atoms with Crippen molar-refractivity contribution < 1.29 is 18.3 Å². The van der Waals surface area contributed by atoms with E-state index in [0.717, 1.165) is 9.91 Å². The third-order valence-electron chi connectivity index (χ3n) is 5.53. The van der Waals surface area contributed by atoms with E-state index in [9.17, 15) is 18.3 Å². The summed E-state index contributed by atoms with van der Waals surface area (Å²) in [7, 11) is -3.77. The van der Waals surface area contributed by atoms with E-state index in [1.54, 1.807) is 30.3 Å². The van der Waals surface area contributed by atoms with Crippen LogP contribution in [0.1, 0.15) is 51.0 Å². The molecule has 0 bridgehead atoms. The van der Waals surface area contributed by atoms with Gasteiger partial charge in [0.1, 0.15) is 0 Å². The van der Waals surface area contributed by atoms with Crippen LogP contribution in [0.2, 0.25) is 5.02 Å². The first kappa shape index (κ1) is 27.9. The van der Waals surface area contributed by atoms with Crippen molar-refractivity contribution in [1.29, 1.82) is 0 Å². The van der Waals surface area contributed by atoms with E-state index < -0.39 is 22.0 Å². The van der Waals surface area contributed by atoms with Gasteiger partial charge >= 0.3 is 154 Å². The van der Waals surface area contributed by atoms with Crippen LogP contribution in [0.15, 0.2) is 53.4 Å². The molecule has 0 heterocycles. The summed E-state index contributed by atoms with van der Waals surface area (Å²) < 4.78 is 29.3. The van der Waals surface area contributed by atoms with Crippen molar-refractivity contribution in [3.05, 3.63) is 59.1 Å². The number of nitrogens with two attached hydrogens (primary N) is 1. The summed E-state index contributed by atoms with van der Waals surface area (Å²) in [5, 5.41) is 10.7. The minimum atomic E-state index is -3.77. The average molecular weight is 557 g/mol. The monoisotopic (exact) mass is 556 g/mol. The van der Waals surface area contributed by atoms with Crippen molar-refractivity contribution in [1.82, 2.24) is 4.31 Å². The molecule has 33 heavy (non-hydrogen) atoms. The van der Waals surface area contributed by atoms with Crippen molar-refractivity contribution >= 4 is 48.7 Å². The van der Waals surface area contributed by atoms with Gasteiger partial charge in [0.2, 0.25) is 5.91 Å². The average Bonchev–Trinajstić information content (AvgIpc) is 2.75. The molecule has 6 nitrogen and oxygen atoms in total. The predicted molar refractivity (Wildman–Crippen MR) is 136 cm³/mol. The van der Waals surface area contributed by atoms with E-state index in [4.69, 9.17) is 17.3 Å². The Balaban J connectivity index is 2.21. The van der Waals surface area contributed by atoms with E-state index >= 15 is 0 Å². The first-order valence-electron chi connectivity index (χ1n) is 11.1. The van der Waals surface area contributed by atoms with E-state index in [2.05, 4.69) is 0 Å². The van der Waals surface area contributed by atoms with Crippen LogP contribution in [0.25, 0.3) is 0 Å². The summed E-state index contributed by atoms with van der Waals surface area (Å²) in [6.07, 6.45) is 1.82. The number of carbonyl (C=O) groups is 1. The van der Waals surface area contributed by atoms with Gasteiger partial charge in [0.25, 0.3) is 0 Å². The van der Waals surface area contributed by atoms with Crippen LogP contribution in [0.3, 0.4) is 0 Å². The SMILES string of the molecule is CC(C)CN(C(CO)CCCC(CC(N)=O)c1ccccc1Cl)S(=O)(=O)c1ccc([AsH2])cc1. The van der Waals surface area contributed by atoms with E-state index in [-0.39, 0.29) is 29.8 Å². The molecule has 3 unspecified atom stereocenters. The summed E-state index contributed by atoms with van der Waals surface area (Å²) in [5.41, 5.74) is 6.32. The van der Waals surface area contributed by atoms with Gasteiger partial charge in [-0.3, -0.25) is 4.79 Å². The third kappa shape index (κ3) is 8.11. The van der Waals surface area contributed by atoms with E-state index in [1.165, 1.54) is 21.2 Å². The molecular formula is C24H34AsClN2O4S. The number of aliphatic hydroxyl groups excluding tert-OH is 1. The number of carbonyl (C=O) groups excluding carboxylic acids is 1. The Morgan fingerprint density at radius 2 is 1.76 bits per heavy atom. The van der Waals surface area contributed by atoms with Crippen LogP contribution in [-0.2, 0) is 14.8 Å². The van der Waals surface area contributed by atoms with Crippen LogP contribution < -0.4 is 10.1 Å². The molecule has 0 aliphatic heterocycles. The number of primary amides is 1. The first-order chi connectivity index (χ1) is 15.6. The zero-order valence-electron chi connectivity index (χ0n) is 19.2. The Hall–Kier alpha value is -1.37. The van der Waals surface area contributed by atoms with Crippen molar-refractivity contribution in [2.24, 2.45) is 11.7 Å². The van der Waals surface area contributed by atoms with Crippen molar-refractivity contribution in [2.75, 3.05) is 13.2 Å². The summed E-state index contributed by atoms with van der Waals surface area (Å²) in [4.78, 5) is 11.9. The molecule has 0 aliphatic carbocycles. The van der Waals surface area contributed by atoms with Crippen LogP contribution in [0, 0.1) is 5.92 Å². The van der Waals surface area contributed by atoms with Gasteiger partial charge in [-0.25, -0.2) is 0 Å². The zero-order chi connectivity index (χ0) is 24.6. The minimum absolute atomic E-state index is 0.0911. The normalized spacial score (nSPS) is 13.9. The number of sulfonamides is 1. The number of halogens is 1.